The molecule has 0 aliphatic heterocycles. The summed E-state index contributed by atoms with van der Waals surface area (Å²) in [6.45, 7) is 10.4. The third-order valence-electron chi connectivity index (χ3n) is 2.24. The molecule has 0 spiro atoms. The van der Waals surface area contributed by atoms with Crippen molar-refractivity contribution in [3.05, 3.63) is 22.9 Å². The molecule has 1 aromatic heterocycles. The van der Waals surface area contributed by atoms with Crippen LogP contribution in [0.15, 0.2) is 6.20 Å². The van der Waals surface area contributed by atoms with E-state index in [-0.39, 0.29) is 11.3 Å². The fourth-order valence-corrected chi connectivity index (χ4v) is 1.88. The quantitative estimate of drug-likeness (QED) is 0.664. The van der Waals surface area contributed by atoms with Crippen LogP contribution in [0, 0.1) is 13.8 Å². The van der Waals surface area contributed by atoms with E-state index in [2.05, 4.69) is 25.8 Å². The van der Waals surface area contributed by atoms with Gasteiger partial charge >= 0.3 is 0 Å². The lowest BCUT2D eigenvalue weighted by atomic mass is 9.82. The van der Waals surface area contributed by atoms with Crippen LogP contribution in [0.2, 0.25) is 0 Å². The summed E-state index contributed by atoms with van der Waals surface area (Å²) in [7, 11) is 0. The highest BCUT2D eigenvalue weighted by Gasteiger charge is 2.20. The summed E-state index contributed by atoms with van der Waals surface area (Å²) >= 11 is 0. The Morgan fingerprint density at radius 3 is 2.15 bits per heavy atom. The molecule has 2 heteroatoms. The molecule has 0 aliphatic carbocycles. The molecule has 0 aromatic carbocycles. The van der Waals surface area contributed by atoms with Gasteiger partial charge in [-0.2, -0.15) is 0 Å². The molecule has 2 nitrogen and oxygen atoms in total. The summed E-state index contributed by atoms with van der Waals surface area (Å²) in [6.07, 6.45) is 1.73. The Morgan fingerprint density at radius 2 is 1.77 bits per heavy atom. The molecule has 0 atom stereocenters. The van der Waals surface area contributed by atoms with Gasteiger partial charge in [0, 0.05) is 11.8 Å². The lowest BCUT2D eigenvalue weighted by Gasteiger charge is -2.24. The molecular formula is C11H17NO. The number of aromatic nitrogens is 1. The van der Waals surface area contributed by atoms with Crippen molar-refractivity contribution in [2.24, 2.45) is 0 Å². The first-order valence-corrected chi connectivity index (χ1v) is 4.49. The predicted molar refractivity (Wildman–Crippen MR) is 54.1 cm³/mol. The molecule has 0 radical (unpaired) electrons. The van der Waals surface area contributed by atoms with E-state index in [1.807, 2.05) is 13.8 Å². The van der Waals surface area contributed by atoms with Crippen LogP contribution < -0.4 is 0 Å². The summed E-state index contributed by atoms with van der Waals surface area (Å²) in [5.74, 6) is 0.149. The van der Waals surface area contributed by atoms with Crippen LogP contribution in [0.1, 0.15) is 37.5 Å². The van der Waals surface area contributed by atoms with Crippen LogP contribution in [0.4, 0.5) is 0 Å². The largest absolute Gasteiger partial charge is 0.493 e. The van der Waals surface area contributed by atoms with Gasteiger partial charge in [-0.05, 0) is 30.4 Å². The molecule has 0 aliphatic rings. The van der Waals surface area contributed by atoms with Gasteiger partial charge in [-0.3, -0.25) is 0 Å². The van der Waals surface area contributed by atoms with Gasteiger partial charge in [-0.1, -0.05) is 20.8 Å². The molecule has 1 N–H and O–H groups in total. The van der Waals surface area contributed by atoms with E-state index in [0.717, 1.165) is 11.1 Å². The Kier molecular flexibility index (Phi) is 2.33. The fourth-order valence-electron chi connectivity index (χ4n) is 1.88. The van der Waals surface area contributed by atoms with Gasteiger partial charge < -0.3 is 5.11 Å². The van der Waals surface area contributed by atoms with Crippen LogP contribution >= 0.6 is 0 Å². The van der Waals surface area contributed by atoms with Crippen molar-refractivity contribution < 1.29 is 5.11 Å². The van der Waals surface area contributed by atoms with Gasteiger partial charge in [0.05, 0.1) is 0 Å². The van der Waals surface area contributed by atoms with Crippen LogP contribution in [-0.4, -0.2) is 10.1 Å². The number of rotatable bonds is 0. The number of aromatic hydroxyl groups is 1. The van der Waals surface area contributed by atoms with Crippen molar-refractivity contribution in [3.8, 4) is 5.88 Å². The first-order valence-electron chi connectivity index (χ1n) is 4.49. The summed E-state index contributed by atoms with van der Waals surface area (Å²) in [5, 5.41) is 9.48. The lowest BCUT2D eigenvalue weighted by Crippen LogP contribution is -2.15. The van der Waals surface area contributed by atoms with E-state index in [1.165, 1.54) is 5.56 Å². The molecule has 0 unspecified atom stereocenters. The molecule has 72 valence electrons. The number of aryl methyl sites for hydroxylation is 1. The van der Waals surface area contributed by atoms with Gasteiger partial charge in [-0.15, -0.1) is 0 Å². The van der Waals surface area contributed by atoms with Gasteiger partial charge in [0.15, 0.2) is 0 Å². The van der Waals surface area contributed by atoms with Crippen molar-refractivity contribution in [3.63, 3.8) is 0 Å². The van der Waals surface area contributed by atoms with Crippen molar-refractivity contribution in [1.29, 1.82) is 0 Å². The van der Waals surface area contributed by atoms with Crippen LogP contribution in [0.5, 0.6) is 5.88 Å². The topological polar surface area (TPSA) is 33.1 Å². The molecule has 0 saturated carbocycles. The number of hydrogen-bond acceptors (Lipinski definition) is 2. The number of pyridine rings is 1. The van der Waals surface area contributed by atoms with Gasteiger partial charge in [-0.25, -0.2) is 4.98 Å². The summed E-state index contributed by atoms with van der Waals surface area (Å²) in [4.78, 5) is 3.91. The van der Waals surface area contributed by atoms with Crippen LogP contribution in [-0.2, 0) is 5.41 Å². The Balaban J connectivity index is 3.43. The summed E-state index contributed by atoms with van der Waals surface area (Å²) < 4.78 is 0. The highest BCUT2D eigenvalue weighted by atomic mass is 16.3. The maximum Gasteiger partial charge on any atom is 0.214 e. The van der Waals surface area contributed by atoms with Gasteiger partial charge in [0.2, 0.25) is 5.88 Å². The second-order valence-electron chi connectivity index (χ2n) is 4.51. The van der Waals surface area contributed by atoms with Crippen molar-refractivity contribution in [1.82, 2.24) is 4.98 Å². The van der Waals surface area contributed by atoms with E-state index in [1.54, 1.807) is 6.20 Å². The highest BCUT2D eigenvalue weighted by Crippen LogP contribution is 2.31. The van der Waals surface area contributed by atoms with Crippen molar-refractivity contribution in [2.75, 3.05) is 0 Å². The first kappa shape index (κ1) is 10.0. The lowest BCUT2D eigenvalue weighted by molar-refractivity contribution is 0.443. The Bertz CT molecular complexity index is 324. The standard InChI is InChI=1S/C11H17NO/c1-7-6-12-10(13)8(2)9(7)11(3,4)5/h6H,1-5H3,(H,12,13). The molecular weight excluding hydrogens is 162 g/mol. The first-order chi connectivity index (χ1) is 5.84. The maximum atomic E-state index is 9.48. The maximum absolute atomic E-state index is 9.48. The van der Waals surface area contributed by atoms with Gasteiger partial charge in [0.25, 0.3) is 0 Å². The van der Waals surface area contributed by atoms with E-state index >= 15 is 0 Å². The average Bonchev–Trinajstić information content (AvgIpc) is 1.95. The molecule has 1 rings (SSSR count). The molecule has 1 heterocycles. The Hall–Kier alpha value is -1.05. The predicted octanol–water partition coefficient (Wildman–Crippen LogP) is 2.70. The zero-order valence-corrected chi connectivity index (χ0v) is 8.97. The van der Waals surface area contributed by atoms with Crippen LogP contribution in [0.25, 0.3) is 0 Å². The molecule has 0 saturated heterocycles. The van der Waals surface area contributed by atoms with E-state index in [0.29, 0.717) is 0 Å². The minimum absolute atomic E-state index is 0.0641. The van der Waals surface area contributed by atoms with E-state index in [4.69, 9.17) is 0 Å². The normalized spacial score (nSPS) is 11.8. The number of nitrogens with zero attached hydrogens (tertiary/aromatic N) is 1. The monoisotopic (exact) mass is 179 g/mol. The molecule has 0 fully saturated rings. The average molecular weight is 179 g/mol. The minimum Gasteiger partial charge on any atom is -0.493 e. The van der Waals surface area contributed by atoms with Gasteiger partial charge in [0.1, 0.15) is 0 Å². The Labute approximate surface area is 79.6 Å². The minimum atomic E-state index is 0.0641. The smallest absolute Gasteiger partial charge is 0.214 e. The molecule has 1 aromatic rings. The van der Waals surface area contributed by atoms with E-state index < -0.39 is 0 Å². The zero-order chi connectivity index (χ0) is 10.2. The molecule has 13 heavy (non-hydrogen) atoms. The Morgan fingerprint density at radius 1 is 1.23 bits per heavy atom. The zero-order valence-electron chi connectivity index (χ0n) is 8.97. The third kappa shape index (κ3) is 1.82. The third-order valence-corrected chi connectivity index (χ3v) is 2.24. The second-order valence-corrected chi connectivity index (χ2v) is 4.51. The van der Waals surface area contributed by atoms with E-state index in [9.17, 15) is 5.11 Å². The molecule has 0 amide bonds. The van der Waals surface area contributed by atoms with Crippen molar-refractivity contribution >= 4 is 0 Å². The molecule has 0 bridgehead atoms. The number of hydrogen-bond donors (Lipinski definition) is 1. The van der Waals surface area contributed by atoms with Crippen molar-refractivity contribution in [2.45, 2.75) is 40.0 Å². The summed E-state index contributed by atoms with van der Waals surface area (Å²) in [6, 6.07) is 0. The summed E-state index contributed by atoms with van der Waals surface area (Å²) in [5.41, 5.74) is 3.30. The highest BCUT2D eigenvalue weighted by molar-refractivity contribution is 5.41. The second kappa shape index (κ2) is 3.02. The SMILES string of the molecule is Cc1cnc(O)c(C)c1C(C)(C)C. The fraction of sp³-hybridized carbons (Fsp3) is 0.545. The van der Waals surface area contributed by atoms with Crippen LogP contribution in [0.3, 0.4) is 0 Å².